The molecule has 0 aromatic carbocycles. The molecule has 0 amide bonds. The maximum Gasteiger partial charge on any atom is 0.496 e. The molecule has 1 aromatic rings. The third-order valence-corrected chi connectivity index (χ3v) is 5.31. The van der Waals surface area contributed by atoms with Crippen molar-refractivity contribution in [2.45, 2.75) is 51.7 Å². The quantitative estimate of drug-likeness (QED) is 0.779. The zero-order valence-corrected chi connectivity index (χ0v) is 15.4. The van der Waals surface area contributed by atoms with Gasteiger partial charge in [-0.3, -0.25) is 0 Å². The van der Waals surface area contributed by atoms with Crippen LogP contribution < -0.4 is 10.2 Å². The third-order valence-electron chi connectivity index (χ3n) is 5.31. The molecular weight excluding hydrogens is 319 g/mol. The van der Waals surface area contributed by atoms with E-state index in [1.807, 2.05) is 27.7 Å². The van der Waals surface area contributed by atoms with Crippen LogP contribution in [0.25, 0.3) is 0 Å². The highest BCUT2D eigenvalue weighted by Crippen LogP contribution is 2.36. The molecule has 2 aliphatic heterocycles. The smallest absolute Gasteiger partial charge is 0.476 e. The van der Waals surface area contributed by atoms with Crippen molar-refractivity contribution in [2.24, 2.45) is 5.92 Å². The molecule has 0 radical (unpaired) electrons. The fraction of sp³-hybridized carbons (Fsp3) is 0.667. The van der Waals surface area contributed by atoms with Gasteiger partial charge in [-0.15, -0.1) is 0 Å². The van der Waals surface area contributed by atoms with Crippen LogP contribution in [0.2, 0.25) is 0 Å². The molecule has 2 aliphatic rings. The van der Waals surface area contributed by atoms with Crippen molar-refractivity contribution in [1.82, 2.24) is 4.98 Å². The molecule has 0 atom stereocenters. The van der Waals surface area contributed by atoms with Gasteiger partial charge in [0.1, 0.15) is 11.6 Å². The van der Waals surface area contributed by atoms with Gasteiger partial charge >= 0.3 is 7.12 Å². The first-order chi connectivity index (χ1) is 11.8. The second kappa shape index (κ2) is 6.95. The number of ether oxygens (including phenoxy) is 2. The lowest BCUT2D eigenvalue weighted by atomic mass is 9.80. The van der Waals surface area contributed by atoms with Crippen LogP contribution in [0.1, 0.15) is 46.1 Å². The minimum absolute atomic E-state index is 0.370. The van der Waals surface area contributed by atoms with Gasteiger partial charge in [-0.05, 0) is 52.5 Å². The van der Waals surface area contributed by atoms with Crippen molar-refractivity contribution in [3.8, 4) is 11.9 Å². The molecule has 0 N–H and O–H groups in total. The average Bonchev–Trinajstić information content (AvgIpc) is 2.81. The monoisotopic (exact) mass is 344 g/mol. The first-order valence-electron chi connectivity index (χ1n) is 8.78. The van der Waals surface area contributed by atoms with Crippen molar-refractivity contribution >= 4 is 12.6 Å². The van der Waals surface area contributed by atoms with Crippen LogP contribution in [0.15, 0.2) is 12.3 Å². The number of nitrogens with zero attached hydrogens (tertiary/aromatic N) is 2. The Kier molecular flexibility index (Phi) is 5.05. The zero-order chi connectivity index (χ0) is 18.1. The van der Waals surface area contributed by atoms with Gasteiger partial charge in [-0.1, -0.05) is 0 Å². The summed E-state index contributed by atoms with van der Waals surface area (Å²) in [4.78, 5) is 4.34. The predicted octanol–water partition coefficient (Wildman–Crippen LogP) is 2.06. The Balaban J connectivity index is 1.71. The van der Waals surface area contributed by atoms with Gasteiger partial charge in [0.2, 0.25) is 5.88 Å². The Morgan fingerprint density at radius 2 is 1.88 bits per heavy atom. The van der Waals surface area contributed by atoms with E-state index < -0.39 is 18.3 Å². The van der Waals surface area contributed by atoms with Crippen molar-refractivity contribution < 1.29 is 18.8 Å². The standard InChI is InChI=1S/C18H25BN2O4/c1-17(2)18(3,4)25-19(24-17)15-9-14(10-20)16(21-11-15)23-12-13-5-7-22-8-6-13/h9,11,13H,5-8,12H2,1-4H3. The van der Waals surface area contributed by atoms with Crippen LogP contribution in [-0.2, 0) is 14.0 Å². The molecule has 1 aromatic heterocycles. The van der Waals surface area contributed by atoms with Crippen LogP contribution in [0.3, 0.4) is 0 Å². The summed E-state index contributed by atoms with van der Waals surface area (Å²) in [5.74, 6) is 0.819. The number of hydrogen-bond donors (Lipinski definition) is 0. The lowest BCUT2D eigenvalue weighted by molar-refractivity contribution is 0.00578. The fourth-order valence-electron chi connectivity index (χ4n) is 2.88. The molecule has 3 rings (SSSR count). The van der Waals surface area contributed by atoms with Crippen molar-refractivity contribution in [3.05, 3.63) is 17.8 Å². The maximum atomic E-state index is 9.46. The molecule has 2 fully saturated rings. The van der Waals surface area contributed by atoms with E-state index in [0.29, 0.717) is 24.0 Å². The summed E-state index contributed by atoms with van der Waals surface area (Å²) < 4.78 is 23.2. The summed E-state index contributed by atoms with van der Waals surface area (Å²) in [5.41, 5.74) is 0.277. The zero-order valence-electron chi connectivity index (χ0n) is 15.4. The Morgan fingerprint density at radius 1 is 1.24 bits per heavy atom. The molecule has 0 bridgehead atoms. The van der Waals surface area contributed by atoms with E-state index in [0.717, 1.165) is 31.5 Å². The Morgan fingerprint density at radius 3 is 2.48 bits per heavy atom. The SMILES string of the molecule is CC1(C)OB(c2cnc(OCC3CCOCC3)c(C#N)c2)OC1(C)C. The van der Waals surface area contributed by atoms with Gasteiger partial charge < -0.3 is 18.8 Å². The van der Waals surface area contributed by atoms with E-state index >= 15 is 0 Å². The highest BCUT2D eigenvalue weighted by molar-refractivity contribution is 6.62. The molecular formula is C18H25BN2O4. The number of pyridine rings is 1. The Hall–Kier alpha value is -1.62. The highest BCUT2D eigenvalue weighted by Gasteiger charge is 2.51. The topological polar surface area (TPSA) is 73.6 Å². The summed E-state index contributed by atoms with van der Waals surface area (Å²) in [5, 5.41) is 9.46. The van der Waals surface area contributed by atoms with Gasteiger partial charge in [-0.25, -0.2) is 4.98 Å². The third kappa shape index (κ3) is 3.81. The number of hydrogen-bond acceptors (Lipinski definition) is 6. The van der Waals surface area contributed by atoms with Crippen LogP contribution >= 0.6 is 0 Å². The van der Waals surface area contributed by atoms with E-state index in [1.54, 1.807) is 12.3 Å². The van der Waals surface area contributed by atoms with Crippen LogP contribution in [0.4, 0.5) is 0 Å². The molecule has 134 valence electrons. The molecule has 0 saturated carbocycles. The lowest BCUT2D eigenvalue weighted by Gasteiger charge is -2.32. The summed E-state index contributed by atoms with van der Waals surface area (Å²) in [6.45, 7) is 10.1. The number of nitriles is 1. The van der Waals surface area contributed by atoms with Gasteiger partial charge in [0.15, 0.2) is 0 Å². The second-order valence-electron chi connectivity index (χ2n) is 7.69. The molecule has 2 saturated heterocycles. The summed E-state index contributed by atoms with van der Waals surface area (Å²) in [6.07, 6.45) is 3.63. The molecule has 0 unspecified atom stereocenters. The van der Waals surface area contributed by atoms with Crippen molar-refractivity contribution in [1.29, 1.82) is 5.26 Å². The first kappa shape index (κ1) is 18.2. The van der Waals surface area contributed by atoms with Crippen LogP contribution in [-0.4, -0.2) is 43.1 Å². The molecule has 25 heavy (non-hydrogen) atoms. The van der Waals surface area contributed by atoms with Gasteiger partial charge in [0, 0.05) is 24.9 Å². The van der Waals surface area contributed by atoms with Gasteiger partial charge in [-0.2, -0.15) is 5.26 Å². The van der Waals surface area contributed by atoms with Crippen LogP contribution in [0, 0.1) is 17.2 Å². The lowest BCUT2D eigenvalue weighted by Crippen LogP contribution is -2.41. The molecule has 6 nitrogen and oxygen atoms in total. The average molecular weight is 344 g/mol. The van der Waals surface area contributed by atoms with E-state index in [2.05, 4.69) is 11.1 Å². The van der Waals surface area contributed by atoms with Crippen molar-refractivity contribution in [3.63, 3.8) is 0 Å². The summed E-state index contributed by atoms with van der Waals surface area (Å²) in [7, 11) is -0.533. The molecule has 7 heteroatoms. The number of aromatic nitrogens is 1. The highest BCUT2D eigenvalue weighted by atomic mass is 16.7. The molecule has 0 spiro atoms. The molecule has 0 aliphatic carbocycles. The van der Waals surface area contributed by atoms with E-state index in [9.17, 15) is 5.26 Å². The normalized spacial score (nSPS) is 22.6. The van der Waals surface area contributed by atoms with Gasteiger partial charge in [0.05, 0.1) is 17.8 Å². The van der Waals surface area contributed by atoms with Crippen LogP contribution in [0.5, 0.6) is 5.88 Å². The first-order valence-corrected chi connectivity index (χ1v) is 8.78. The summed E-state index contributed by atoms with van der Waals surface area (Å²) >= 11 is 0. The van der Waals surface area contributed by atoms with E-state index in [4.69, 9.17) is 18.8 Å². The number of rotatable bonds is 4. The summed E-state index contributed by atoms with van der Waals surface area (Å²) in [6, 6.07) is 3.91. The van der Waals surface area contributed by atoms with Gasteiger partial charge in [0.25, 0.3) is 0 Å². The largest absolute Gasteiger partial charge is 0.496 e. The fourth-order valence-corrected chi connectivity index (χ4v) is 2.88. The maximum absolute atomic E-state index is 9.46. The van der Waals surface area contributed by atoms with E-state index in [1.165, 1.54) is 0 Å². The van der Waals surface area contributed by atoms with Crippen molar-refractivity contribution in [2.75, 3.05) is 19.8 Å². The minimum atomic E-state index is -0.533. The second-order valence-corrected chi connectivity index (χ2v) is 7.69. The Labute approximate surface area is 149 Å². The van der Waals surface area contributed by atoms with E-state index in [-0.39, 0.29) is 0 Å². The minimum Gasteiger partial charge on any atom is -0.476 e. The Bertz CT molecular complexity index is 650. The molecule has 3 heterocycles. The predicted molar refractivity (Wildman–Crippen MR) is 93.7 cm³/mol.